The number of benzene rings is 2. The van der Waals surface area contributed by atoms with E-state index in [4.69, 9.17) is 4.42 Å². The molecule has 0 saturated heterocycles. The smallest absolute Gasteiger partial charge is 0.425 e. The lowest BCUT2D eigenvalue weighted by Crippen LogP contribution is -2.66. The minimum absolute atomic E-state index is 0.0796. The number of nitrogens with zero attached hydrogens (tertiary/aromatic N) is 1. The molecule has 1 aliphatic heterocycles. The van der Waals surface area contributed by atoms with Crippen molar-refractivity contribution in [1.29, 1.82) is 0 Å². The van der Waals surface area contributed by atoms with Crippen molar-refractivity contribution >= 4 is 17.6 Å². The Morgan fingerprint density at radius 1 is 1.00 bits per heavy atom. The zero-order chi connectivity index (χ0) is 26.1. The number of hydrogen-bond acceptors (Lipinski definition) is 4. The SMILES string of the molecule is CC1=C(C(=O)c2ccccc2)[C@](NC(=O)c2ccco2)(C(F)(F)F)C(=O)N1CCc1ccc(F)cc1. The highest BCUT2D eigenvalue weighted by atomic mass is 19.4. The first kappa shape index (κ1) is 24.9. The summed E-state index contributed by atoms with van der Waals surface area (Å²) in [6.45, 7) is 0.988. The lowest BCUT2D eigenvalue weighted by Gasteiger charge is -2.33. The molecule has 0 unspecified atom stereocenters. The van der Waals surface area contributed by atoms with Crippen molar-refractivity contribution < 1.29 is 36.4 Å². The molecule has 0 radical (unpaired) electrons. The van der Waals surface area contributed by atoms with Crippen molar-refractivity contribution in [1.82, 2.24) is 10.2 Å². The van der Waals surface area contributed by atoms with Gasteiger partial charge < -0.3 is 14.6 Å². The predicted octanol–water partition coefficient (Wildman–Crippen LogP) is 4.69. The Morgan fingerprint density at radius 3 is 2.25 bits per heavy atom. The molecule has 2 amide bonds. The van der Waals surface area contributed by atoms with E-state index in [1.54, 1.807) is 11.4 Å². The van der Waals surface area contributed by atoms with Gasteiger partial charge >= 0.3 is 6.18 Å². The van der Waals surface area contributed by atoms with E-state index in [0.29, 0.717) is 5.56 Å². The number of ketones is 1. The second-order valence-corrected chi connectivity index (χ2v) is 8.17. The average molecular weight is 500 g/mol. The molecule has 1 atom stereocenters. The van der Waals surface area contributed by atoms with Crippen LogP contribution < -0.4 is 5.32 Å². The Hall–Kier alpha value is -4.21. The summed E-state index contributed by atoms with van der Waals surface area (Å²) in [7, 11) is 0. The molecule has 1 aliphatic rings. The van der Waals surface area contributed by atoms with Crippen molar-refractivity contribution in [2.45, 2.75) is 25.1 Å². The zero-order valence-electron chi connectivity index (χ0n) is 18.9. The number of alkyl halides is 3. The second-order valence-electron chi connectivity index (χ2n) is 8.17. The first-order valence-electron chi connectivity index (χ1n) is 10.9. The molecule has 4 rings (SSSR count). The third kappa shape index (κ3) is 4.30. The molecule has 0 saturated carbocycles. The van der Waals surface area contributed by atoms with Gasteiger partial charge in [-0.1, -0.05) is 42.5 Å². The molecule has 2 heterocycles. The summed E-state index contributed by atoms with van der Waals surface area (Å²) >= 11 is 0. The van der Waals surface area contributed by atoms with Gasteiger partial charge in [-0.05, 0) is 43.2 Å². The van der Waals surface area contributed by atoms with Gasteiger partial charge in [-0.15, -0.1) is 0 Å². The van der Waals surface area contributed by atoms with Gasteiger partial charge in [0.25, 0.3) is 11.8 Å². The Morgan fingerprint density at radius 2 is 1.67 bits per heavy atom. The summed E-state index contributed by atoms with van der Waals surface area (Å²) in [4.78, 5) is 40.5. The maximum Gasteiger partial charge on any atom is 0.425 e. The molecule has 36 heavy (non-hydrogen) atoms. The lowest BCUT2D eigenvalue weighted by molar-refractivity contribution is -0.189. The molecule has 1 N–H and O–H groups in total. The third-order valence-electron chi connectivity index (χ3n) is 5.98. The largest absolute Gasteiger partial charge is 0.459 e. The van der Waals surface area contributed by atoms with Crippen LogP contribution in [-0.2, 0) is 11.2 Å². The topological polar surface area (TPSA) is 79.6 Å². The Balaban J connectivity index is 1.81. The monoisotopic (exact) mass is 500 g/mol. The Labute approximate surface area is 203 Å². The van der Waals surface area contributed by atoms with Crippen LogP contribution in [0, 0.1) is 5.82 Å². The molecule has 10 heteroatoms. The fourth-order valence-electron chi connectivity index (χ4n) is 4.19. The van der Waals surface area contributed by atoms with E-state index in [-0.39, 0.29) is 24.2 Å². The van der Waals surface area contributed by atoms with Gasteiger partial charge in [0.1, 0.15) is 5.82 Å². The highest BCUT2D eigenvalue weighted by Crippen LogP contribution is 2.46. The van der Waals surface area contributed by atoms with Gasteiger partial charge in [0.05, 0.1) is 11.8 Å². The molecule has 2 aromatic carbocycles. The van der Waals surface area contributed by atoms with Gasteiger partial charge in [-0.2, -0.15) is 13.2 Å². The number of hydrogen-bond donors (Lipinski definition) is 1. The van der Waals surface area contributed by atoms with E-state index >= 15 is 0 Å². The van der Waals surface area contributed by atoms with Crippen LogP contribution in [0.5, 0.6) is 0 Å². The second kappa shape index (κ2) is 9.44. The molecular formula is C26H20F4N2O4. The molecular weight excluding hydrogens is 480 g/mol. The molecule has 0 spiro atoms. The number of Topliss-reactive ketones (excluding diaryl/α,β-unsaturated/α-hetero) is 1. The van der Waals surface area contributed by atoms with Crippen molar-refractivity contribution in [3.05, 3.63) is 107 Å². The van der Waals surface area contributed by atoms with Crippen molar-refractivity contribution in [3.8, 4) is 0 Å². The van der Waals surface area contributed by atoms with E-state index in [1.807, 2.05) is 0 Å². The summed E-state index contributed by atoms with van der Waals surface area (Å²) in [5.74, 6) is -4.83. The summed E-state index contributed by atoms with van der Waals surface area (Å²) in [5, 5.41) is 1.77. The van der Waals surface area contributed by atoms with E-state index in [0.717, 1.165) is 17.2 Å². The van der Waals surface area contributed by atoms with Gasteiger partial charge in [0.15, 0.2) is 11.5 Å². The molecule has 3 aromatic rings. The van der Waals surface area contributed by atoms with E-state index < -0.39 is 46.5 Å². The minimum Gasteiger partial charge on any atom is -0.459 e. The predicted molar refractivity (Wildman–Crippen MR) is 120 cm³/mol. The van der Waals surface area contributed by atoms with Crippen LogP contribution in [0.2, 0.25) is 0 Å². The van der Waals surface area contributed by atoms with Crippen molar-refractivity contribution in [2.75, 3.05) is 6.54 Å². The third-order valence-corrected chi connectivity index (χ3v) is 5.98. The van der Waals surface area contributed by atoms with E-state index in [2.05, 4.69) is 0 Å². The Kier molecular flexibility index (Phi) is 6.53. The molecule has 1 aromatic heterocycles. The Bertz CT molecular complexity index is 1320. The highest BCUT2D eigenvalue weighted by Gasteiger charge is 2.70. The number of allylic oxidation sites excluding steroid dienone is 1. The number of nitrogens with one attached hydrogen (secondary N) is 1. The van der Waals surface area contributed by atoms with Crippen LogP contribution in [0.25, 0.3) is 0 Å². The fourth-order valence-corrected chi connectivity index (χ4v) is 4.19. The highest BCUT2D eigenvalue weighted by molar-refractivity contribution is 6.19. The molecule has 0 aliphatic carbocycles. The zero-order valence-corrected chi connectivity index (χ0v) is 18.9. The molecule has 6 nitrogen and oxygen atoms in total. The number of furan rings is 1. The first-order valence-corrected chi connectivity index (χ1v) is 10.9. The maximum atomic E-state index is 14.8. The number of amides is 2. The van der Waals surface area contributed by atoms with Crippen LogP contribution in [0.15, 0.2) is 88.7 Å². The number of carbonyl (C=O) groups is 3. The van der Waals surface area contributed by atoms with Crippen LogP contribution in [-0.4, -0.2) is 40.8 Å². The first-order chi connectivity index (χ1) is 17.1. The van der Waals surface area contributed by atoms with E-state index in [1.165, 1.54) is 61.5 Å². The number of halogens is 4. The fraction of sp³-hybridized carbons (Fsp3) is 0.192. The van der Waals surface area contributed by atoms with E-state index in [9.17, 15) is 31.9 Å². The maximum absolute atomic E-state index is 14.8. The van der Waals surface area contributed by atoms with Gasteiger partial charge in [0.2, 0.25) is 5.54 Å². The summed E-state index contributed by atoms with van der Waals surface area (Å²) in [6, 6.07) is 14.9. The molecule has 0 fully saturated rings. The summed E-state index contributed by atoms with van der Waals surface area (Å²) in [6.07, 6.45) is -4.20. The molecule has 0 bridgehead atoms. The normalized spacial score (nSPS) is 18.0. The van der Waals surface area contributed by atoms with Crippen LogP contribution in [0.4, 0.5) is 17.6 Å². The number of carbonyl (C=O) groups excluding carboxylic acids is 3. The number of rotatable bonds is 7. The van der Waals surface area contributed by atoms with Gasteiger partial charge in [0, 0.05) is 17.8 Å². The average Bonchev–Trinajstić information content (AvgIpc) is 3.45. The summed E-state index contributed by atoms with van der Waals surface area (Å²) < 4.78 is 62.6. The van der Waals surface area contributed by atoms with Crippen LogP contribution in [0.3, 0.4) is 0 Å². The minimum atomic E-state index is -5.38. The molecule has 186 valence electrons. The van der Waals surface area contributed by atoms with Gasteiger partial charge in [-0.25, -0.2) is 4.39 Å². The van der Waals surface area contributed by atoms with Crippen LogP contribution in [0.1, 0.15) is 33.4 Å². The van der Waals surface area contributed by atoms with Gasteiger partial charge in [-0.3, -0.25) is 14.4 Å². The van der Waals surface area contributed by atoms with Crippen LogP contribution >= 0.6 is 0 Å². The lowest BCUT2D eigenvalue weighted by atomic mass is 9.84. The van der Waals surface area contributed by atoms with Crippen molar-refractivity contribution in [2.24, 2.45) is 0 Å². The van der Waals surface area contributed by atoms with Crippen molar-refractivity contribution in [3.63, 3.8) is 0 Å². The summed E-state index contributed by atoms with van der Waals surface area (Å²) in [5.41, 5.74) is -4.30. The standard InChI is InChI=1S/C26H20F4N2O4/c1-16-21(22(33)18-6-3-2-4-7-18)25(26(28,29)30,31-23(34)20-8-5-15-36-20)24(35)32(16)14-13-17-9-11-19(27)12-10-17/h2-12,15H,13-14H2,1H3,(H,31,34)/t25-/m1/s1. The quantitative estimate of drug-likeness (QED) is 0.377.